The molecule has 0 amide bonds. The van der Waals surface area contributed by atoms with Gasteiger partial charge in [0.25, 0.3) is 5.56 Å². The third kappa shape index (κ3) is 4.99. The van der Waals surface area contributed by atoms with Gasteiger partial charge in [-0.15, -0.1) is 10.2 Å². The minimum absolute atomic E-state index is 0.00958. The molecule has 2 heterocycles. The van der Waals surface area contributed by atoms with Gasteiger partial charge < -0.3 is 16.3 Å². The van der Waals surface area contributed by atoms with Crippen LogP contribution in [0.3, 0.4) is 0 Å². The standard InChI is InChI=1S/C24H21N7O5S/c25-31-23(33)20(11-10-19-18-4-2-1-3-15(18)5-12-21(19)32)28-29-24(31)27-16-6-8-17(9-7-16)37(34,35)30-22-13-14-26-36-22/h1-14,22,26,30,32H,25H2,(H,27,29). The average molecular weight is 520 g/mol. The summed E-state index contributed by atoms with van der Waals surface area (Å²) in [4.78, 5) is 17.8. The largest absolute Gasteiger partial charge is 0.507 e. The molecular formula is C24H21N7O5S. The Morgan fingerprint density at radius 3 is 2.59 bits per heavy atom. The number of anilines is 2. The van der Waals surface area contributed by atoms with E-state index in [1.807, 2.05) is 24.3 Å². The summed E-state index contributed by atoms with van der Waals surface area (Å²) in [7, 11) is -3.83. The van der Waals surface area contributed by atoms with Crippen molar-refractivity contribution in [3.63, 3.8) is 0 Å². The van der Waals surface area contributed by atoms with Crippen molar-refractivity contribution in [2.45, 2.75) is 11.1 Å². The zero-order valence-corrected chi connectivity index (χ0v) is 19.9. The molecule has 1 aromatic heterocycles. The fourth-order valence-corrected chi connectivity index (χ4v) is 4.70. The number of fused-ring (bicyclic) bond motifs is 1. The summed E-state index contributed by atoms with van der Waals surface area (Å²) >= 11 is 0. The van der Waals surface area contributed by atoms with Gasteiger partial charge in [-0.2, -0.15) is 9.40 Å². The van der Waals surface area contributed by atoms with E-state index in [-0.39, 0.29) is 22.3 Å². The van der Waals surface area contributed by atoms with Gasteiger partial charge in [0.05, 0.1) is 4.90 Å². The van der Waals surface area contributed by atoms with E-state index in [1.54, 1.807) is 18.2 Å². The van der Waals surface area contributed by atoms with Crippen molar-refractivity contribution in [2.75, 3.05) is 11.2 Å². The minimum atomic E-state index is -3.83. The van der Waals surface area contributed by atoms with Crippen LogP contribution in [0.5, 0.6) is 5.75 Å². The molecule has 0 radical (unpaired) electrons. The number of rotatable bonds is 7. The van der Waals surface area contributed by atoms with Crippen LogP contribution in [0, 0.1) is 0 Å². The molecule has 0 saturated heterocycles. The lowest BCUT2D eigenvalue weighted by atomic mass is 10.0. The number of nitrogens with one attached hydrogen (secondary N) is 3. The van der Waals surface area contributed by atoms with E-state index in [2.05, 4.69) is 25.7 Å². The number of nitrogens with zero attached hydrogens (tertiary/aromatic N) is 3. The van der Waals surface area contributed by atoms with E-state index < -0.39 is 21.8 Å². The summed E-state index contributed by atoms with van der Waals surface area (Å²) < 4.78 is 28.1. The van der Waals surface area contributed by atoms with Crippen molar-refractivity contribution in [1.82, 2.24) is 25.1 Å². The van der Waals surface area contributed by atoms with Crippen LogP contribution in [0.1, 0.15) is 11.3 Å². The fourth-order valence-electron chi connectivity index (χ4n) is 3.63. The van der Waals surface area contributed by atoms with Gasteiger partial charge in [0.2, 0.25) is 16.0 Å². The molecule has 6 N–H and O–H groups in total. The van der Waals surface area contributed by atoms with Gasteiger partial charge in [0.15, 0.2) is 11.9 Å². The zero-order chi connectivity index (χ0) is 26.0. The Balaban J connectivity index is 1.34. The highest BCUT2D eigenvalue weighted by molar-refractivity contribution is 7.89. The Morgan fingerprint density at radius 2 is 1.84 bits per heavy atom. The van der Waals surface area contributed by atoms with E-state index >= 15 is 0 Å². The smallest absolute Gasteiger partial charge is 0.299 e. The molecule has 1 aliphatic heterocycles. The molecule has 0 aliphatic carbocycles. The molecule has 0 spiro atoms. The number of sulfonamides is 1. The molecule has 0 fully saturated rings. The van der Waals surface area contributed by atoms with Gasteiger partial charge in [-0.05, 0) is 59.3 Å². The van der Waals surface area contributed by atoms with Crippen molar-refractivity contribution >= 4 is 44.6 Å². The Morgan fingerprint density at radius 1 is 1.05 bits per heavy atom. The van der Waals surface area contributed by atoms with Crippen LogP contribution in [-0.2, 0) is 14.9 Å². The molecule has 13 heteroatoms. The van der Waals surface area contributed by atoms with Crippen LogP contribution in [0.4, 0.5) is 11.6 Å². The predicted octanol–water partition coefficient (Wildman–Crippen LogP) is 1.78. The molecule has 1 unspecified atom stereocenters. The van der Waals surface area contributed by atoms with Crippen molar-refractivity contribution < 1.29 is 18.4 Å². The van der Waals surface area contributed by atoms with Crippen LogP contribution in [0.2, 0.25) is 0 Å². The summed E-state index contributed by atoms with van der Waals surface area (Å²) in [5.41, 5.74) is 2.73. The van der Waals surface area contributed by atoms with Crippen LogP contribution >= 0.6 is 0 Å². The van der Waals surface area contributed by atoms with E-state index in [1.165, 1.54) is 42.6 Å². The normalized spacial score (nSPS) is 15.3. The van der Waals surface area contributed by atoms with Gasteiger partial charge in [-0.25, -0.2) is 8.42 Å². The van der Waals surface area contributed by atoms with E-state index in [9.17, 15) is 18.3 Å². The molecule has 37 heavy (non-hydrogen) atoms. The first-order chi connectivity index (χ1) is 17.8. The summed E-state index contributed by atoms with van der Waals surface area (Å²) in [6.45, 7) is 0. The van der Waals surface area contributed by atoms with Crippen molar-refractivity contribution in [3.05, 3.63) is 94.6 Å². The third-order valence-corrected chi connectivity index (χ3v) is 6.94. The number of aromatic hydroxyl groups is 1. The number of hydrogen-bond acceptors (Lipinski definition) is 10. The van der Waals surface area contributed by atoms with Gasteiger partial charge in [-0.1, -0.05) is 30.3 Å². The van der Waals surface area contributed by atoms with Gasteiger partial charge in [-0.3, -0.25) is 15.1 Å². The topological polar surface area (TPSA) is 173 Å². The molecule has 0 bridgehead atoms. The quantitative estimate of drug-likeness (QED) is 0.226. The average Bonchev–Trinajstić information content (AvgIpc) is 3.40. The summed E-state index contributed by atoms with van der Waals surface area (Å²) in [5.74, 6) is 5.93. The van der Waals surface area contributed by atoms with Gasteiger partial charge in [0.1, 0.15) is 5.75 Å². The van der Waals surface area contributed by atoms with Crippen LogP contribution in [0.25, 0.3) is 22.9 Å². The second kappa shape index (κ2) is 9.73. The Bertz CT molecular complexity index is 1700. The van der Waals surface area contributed by atoms with Crippen molar-refractivity contribution in [3.8, 4) is 5.75 Å². The molecule has 4 aromatic rings. The maximum atomic E-state index is 12.8. The van der Waals surface area contributed by atoms with Crippen molar-refractivity contribution in [1.29, 1.82) is 0 Å². The first-order valence-corrected chi connectivity index (χ1v) is 12.4. The van der Waals surface area contributed by atoms with Crippen LogP contribution in [-0.4, -0.2) is 34.6 Å². The molecule has 1 aliphatic rings. The number of nitrogen functional groups attached to an aromatic ring is 1. The highest BCUT2D eigenvalue weighted by Crippen LogP contribution is 2.28. The Hall–Kier alpha value is -4.72. The van der Waals surface area contributed by atoms with Crippen LogP contribution < -0.4 is 26.9 Å². The first-order valence-electron chi connectivity index (χ1n) is 10.9. The second-order valence-corrected chi connectivity index (χ2v) is 9.64. The highest BCUT2D eigenvalue weighted by Gasteiger charge is 2.21. The SMILES string of the molecule is Nn1c(Nc2ccc(S(=O)(=O)NC3C=CNO3)cc2)nnc(C=Cc2c(O)ccc3ccccc23)c1=O. The number of aromatic nitrogens is 3. The highest BCUT2D eigenvalue weighted by atomic mass is 32.2. The predicted molar refractivity (Wildman–Crippen MR) is 138 cm³/mol. The fraction of sp³-hybridized carbons (Fsp3) is 0.0417. The molecule has 3 aromatic carbocycles. The number of hydroxylamine groups is 1. The zero-order valence-electron chi connectivity index (χ0n) is 19.1. The minimum Gasteiger partial charge on any atom is -0.507 e. The second-order valence-electron chi connectivity index (χ2n) is 7.92. The molecule has 5 rings (SSSR count). The number of benzene rings is 3. The van der Waals surface area contributed by atoms with Crippen LogP contribution in [0.15, 0.2) is 82.6 Å². The first kappa shape index (κ1) is 24.0. The summed E-state index contributed by atoms with van der Waals surface area (Å²) in [6.07, 6.45) is 5.17. The summed E-state index contributed by atoms with van der Waals surface area (Å²) in [5, 5.41) is 22.8. The molecule has 0 saturated carbocycles. The molecular weight excluding hydrogens is 498 g/mol. The van der Waals surface area contributed by atoms with E-state index in [0.717, 1.165) is 15.4 Å². The lowest BCUT2D eigenvalue weighted by Gasteiger charge is -2.12. The Kier molecular flexibility index (Phi) is 6.31. The maximum absolute atomic E-state index is 12.8. The monoisotopic (exact) mass is 519 g/mol. The molecule has 12 nitrogen and oxygen atoms in total. The number of phenols is 1. The Labute approximate surface area is 210 Å². The third-order valence-electron chi connectivity index (χ3n) is 5.50. The number of nitrogens with two attached hydrogens (primary N) is 1. The molecule has 1 atom stereocenters. The number of hydrogen-bond donors (Lipinski definition) is 5. The molecule has 188 valence electrons. The van der Waals surface area contributed by atoms with E-state index in [4.69, 9.17) is 10.7 Å². The number of phenolic OH excluding ortho intramolecular Hbond substituents is 1. The summed E-state index contributed by atoms with van der Waals surface area (Å²) in [6, 6.07) is 16.6. The van der Waals surface area contributed by atoms with Gasteiger partial charge >= 0.3 is 0 Å². The maximum Gasteiger partial charge on any atom is 0.299 e. The lowest BCUT2D eigenvalue weighted by molar-refractivity contribution is 0.0416. The lowest BCUT2D eigenvalue weighted by Crippen LogP contribution is -2.35. The van der Waals surface area contributed by atoms with Gasteiger partial charge in [0, 0.05) is 17.5 Å². The van der Waals surface area contributed by atoms with Crippen molar-refractivity contribution in [2.24, 2.45) is 0 Å². The van der Waals surface area contributed by atoms with E-state index in [0.29, 0.717) is 11.3 Å².